The van der Waals surface area contributed by atoms with Crippen molar-refractivity contribution in [2.45, 2.75) is 20.4 Å². The topological polar surface area (TPSA) is 128 Å². The van der Waals surface area contributed by atoms with Crippen LogP contribution in [-0.2, 0) is 6.54 Å². The number of aromatic nitrogens is 5. The SMILES string of the molecule is CNc1cc(-c2cc3ncnc(NCc4ccc(OC)cc4OC)c3c(Oc3c(C)ccc(OC)c3C)n2)[nH]n1. The Balaban J connectivity index is 1.62. The minimum absolute atomic E-state index is 0.345. The number of ether oxygens (including phenoxy) is 4. The van der Waals surface area contributed by atoms with Gasteiger partial charge in [0.05, 0.1) is 38.2 Å². The highest BCUT2D eigenvalue weighted by molar-refractivity contribution is 5.95. The van der Waals surface area contributed by atoms with E-state index in [-0.39, 0.29) is 0 Å². The number of aryl methyl sites for hydroxylation is 1. The summed E-state index contributed by atoms with van der Waals surface area (Å²) in [5, 5.41) is 14.4. The maximum Gasteiger partial charge on any atom is 0.233 e. The van der Waals surface area contributed by atoms with Crippen LogP contribution in [0.4, 0.5) is 11.6 Å². The van der Waals surface area contributed by atoms with Crippen molar-refractivity contribution in [3.05, 3.63) is 65.5 Å². The van der Waals surface area contributed by atoms with Crippen LogP contribution in [-0.4, -0.2) is 53.5 Å². The quantitative estimate of drug-likeness (QED) is 0.208. The third-order valence-electron chi connectivity index (χ3n) is 6.61. The van der Waals surface area contributed by atoms with Crippen LogP contribution in [0.25, 0.3) is 22.3 Å². The fourth-order valence-electron chi connectivity index (χ4n) is 4.43. The predicted octanol–water partition coefficient (Wildman–Crippen LogP) is 5.50. The van der Waals surface area contributed by atoms with Gasteiger partial charge < -0.3 is 29.6 Å². The zero-order valence-corrected chi connectivity index (χ0v) is 23.2. The van der Waals surface area contributed by atoms with Gasteiger partial charge in [0.25, 0.3) is 0 Å². The Kier molecular flexibility index (Phi) is 7.54. The van der Waals surface area contributed by atoms with Gasteiger partial charge in [0.2, 0.25) is 5.88 Å². The number of H-pyrrole nitrogens is 1. The number of benzene rings is 2. The molecule has 3 aromatic heterocycles. The molecule has 3 N–H and O–H groups in total. The van der Waals surface area contributed by atoms with Gasteiger partial charge >= 0.3 is 0 Å². The molecule has 206 valence electrons. The van der Waals surface area contributed by atoms with E-state index in [9.17, 15) is 0 Å². The summed E-state index contributed by atoms with van der Waals surface area (Å²) in [7, 11) is 6.69. The van der Waals surface area contributed by atoms with Crippen molar-refractivity contribution in [2.75, 3.05) is 39.0 Å². The summed E-state index contributed by atoms with van der Waals surface area (Å²) in [6, 6.07) is 13.3. The first-order valence-electron chi connectivity index (χ1n) is 12.6. The van der Waals surface area contributed by atoms with Gasteiger partial charge in [-0.15, -0.1) is 0 Å². The summed E-state index contributed by atoms with van der Waals surface area (Å²) in [5.74, 6) is 4.38. The van der Waals surface area contributed by atoms with Crippen LogP contribution in [0.2, 0.25) is 0 Å². The lowest BCUT2D eigenvalue weighted by atomic mass is 10.1. The van der Waals surface area contributed by atoms with Gasteiger partial charge in [0, 0.05) is 36.9 Å². The number of rotatable bonds is 10. The monoisotopic (exact) mass is 541 g/mol. The van der Waals surface area contributed by atoms with Gasteiger partial charge in [0.15, 0.2) is 0 Å². The van der Waals surface area contributed by atoms with Crippen LogP contribution in [0, 0.1) is 13.8 Å². The second kappa shape index (κ2) is 11.4. The van der Waals surface area contributed by atoms with Crippen molar-refractivity contribution in [3.8, 4) is 40.3 Å². The first-order valence-corrected chi connectivity index (χ1v) is 12.6. The molecule has 0 bridgehead atoms. The minimum Gasteiger partial charge on any atom is -0.497 e. The van der Waals surface area contributed by atoms with Gasteiger partial charge in [-0.3, -0.25) is 5.10 Å². The molecule has 11 heteroatoms. The Morgan fingerprint density at radius 2 is 1.73 bits per heavy atom. The molecule has 0 saturated carbocycles. The molecular formula is C29H31N7O4. The smallest absolute Gasteiger partial charge is 0.233 e. The summed E-state index contributed by atoms with van der Waals surface area (Å²) in [5.41, 5.74) is 4.71. The standard InChI is InChI=1S/C29H31N7O4/c1-16-7-10-23(38-5)17(2)27(16)40-29-26-22(12-20(34-29)21-13-25(30-3)36-35-21)32-15-33-28(26)31-14-18-8-9-19(37-4)11-24(18)39-6/h7-13,15H,14H2,1-6H3,(H2,30,35,36)(H,31,32,33). The van der Waals surface area contributed by atoms with E-state index in [1.807, 2.05) is 56.3 Å². The van der Waals surface area contributed by atoms with E-state index in [1.54, 1.807) is 28.4 Å². The summed E-state index contributed by atoms with van der Waals surface area (Å²) >= 11 is 0. The van der Waals surface area contributed by atoms with Crippen molar-refractivity contribution in [1.29, 1.82) is 0 Å². The summed E-state index contributed by atoms with van der Waals surface area (Å²) < 4.78 is 23.0. The molecule has 0 saturated heterocycles. The van der Waals surface area contributed by atoms with Crippen molar-refractivity contribution < 1.29 is 18.9 Å². The highest BCUT2D eigenvalue weighted by atomic mass is 16.5. The van der Waals surface area contributed by atoms with E-state index in [1.165, 1.54) is 6.33 Å². The molecule has 0 spiro atoms. The number of fused-ring (bicyclic) bond motifs is 1. The van der Waals surface area contributed by atoms with Crippen molar-refractivity contribution in [2.24, 2.45) is 0 Å². The Morgan fingerprint density at radius 1 is 0.900 bits per heavy atom. The lowest BCUT2D eigenvalue weighted by Gasteiger charge is -2.17. The van der Waals surface area contributed by atoms with E-state index in [2.05, 4.69) is 30.8 Å². The van der Waals surface area contributed by atoms with Crippen molar-refractivity contribution in [3.63, 3.8) is 0 Å². The Bertz CT molecular complexity index is 1670. The number of hydrogen-bond donors (Lipinski definition) is 3. The van der Waals surface area contributed by atoms with Crippen LogP contribution < -0.4 is 29.6 Å². The third-order valence-corrected chi connectivity index (χ3v) is 6.61. The molecule has 3 heterocycles. The molecule has 0 aliphatic rings. The molecule has 0 aliphatic heterocycles. The number of nitrogens with one attached hydrogen (secondary N) is 3. The van der Waals surface area contributed by atoms with Crippen LogP contribution in [0.1, 0.15) is 16.7 Å². The van der Waals surface area contributed by atoms with Crippen LogP contribution in [0.5, 0.6) is 28.9 Å². The van der Waals surface area contributed by atoms with E-state index in [4.69, 9.17) is 23.9 Å². The third kappa shape index (κ3) is 5.13. The van der Waals surface area contributed by atoms with Crippen LogP contribution in [0.3, 0.4) is 0 Å². The average molecular weight is 542 g/mol. The lowest BCUT2D eigenvalue weighted by molar-refractivity contribution is 0.391. The Hall–Kier alpha value is -5.06. The van der Waals surface area contributed by atoms with E-state index >= 15 is 0 Å². The molecule has 0 fully saturated rings. The van der Waals surface area contributed by atoms with E-state index in [0.717, 1.165) is 22.4 Å². The Morgan fingerprint density at radius 3 is 2.45 bits per heavy atom. The highest BCUT2D eigenvalue weighted by Crippen LogP contribution is 2.39. The van der Waals surface area contributed by atoms with Crippen LogP contribution >= 0.6 is 0 Å². The number of aromatic amines is 1. The second-order valence-electron chi connectivity index (χ2n) is 9.02. The molecule has 5 rings (SSSR count). The molecule has 11 nitrogen and oxygen atoms in total. The zero-order chi connectivity index (χ0) is 28.2. The Labute approximate surface area is 231 Å². The fraction of sp³-hybridized carbons (Fsp3) is 0.241. The van der Waals surface area contributed by atoms with Crippen molar-refractivity contribution in [1.82, 2.24) is 25.1 Å². The number of pyridine rings is 1. The molecule has 2 aromatic carbocycles. The first kappa shape index (κ1) is 26.5. The molecule has 0 atom stereocenters. The molecule has 0 amide bonds. The number of methoxy groups -OCH3 is 3. The highest BCUT2D eigenvalue weighted by Gasteiger charge is 2.20. The second-order valence-corrected chi connectivity index (χ2v) is 9.02. The average Bonchev–Trinajstić information content (AvgIpc) is 3.47. The summed E-state index contributed by atoms with van der Waals surface area (Å²) in [4.78, 5) is 14.0. The molecule has 40 heavy (non-hydrogen) atoms. The largest absolute Gasteiger partial charge is 0.497 e. The molecule has 0 radical (unpaired) electrons. The first-order chi connectivity index (χ1) is 19.4. The molecule has 0 unspecified atom stereocenters. The van der Waals surface area contributed by atoms with Gasteiger partial charge in [0.1, 0.15) is 46.3 Å². The van der Waals surface area contributed by atoms with Gasteiger partial charge in [-0.2, -0.15) is 5.10 Å². The minimum atomic E-state index is 0.345. The molecule has 0 aliphatic carbocycles. The number of hydrogen-bond acceptors (Lipinski definition) is 10. The number of nitrogens with zero attached hydrogens (tertiary/aromatic N) is 4. The van der Waals surface area contributed by atoms with E-state index < -0.39 is 0 Å². The fourth-order valence-corrected chi connectivity index (χ4v) is 4.43. The molecular weight excluding hydrogens is 510 g/mol. The molecule has 5 aromatic rings. The summed E-state index contributed by atoms with van der Waals surface area (Å²) in [6.45, 7) is 4.37. The van der Waals surface area contributed by atoms with E-state index in [0.29, 0.717) is 63.6 Å². The van der Waals surface area contributed by atoms with Gasteiger partial charge in [-0.1, -0.05) is 6.07 Å². The lowest BCUT2D eigenvalue weighted by Crippen LogP contribution is -2.06. The number of anilines is 2. The normalized spacial score (nSPS) is 10.8. The van der Waals surface area contributed by atoms with Crippen molar-refractivity contribution >= 4 is 22.5 Å². The zero-order valence-electron chi connectivity index (χ0n) is 23.2. The van der Waals surface area contributed by atoms with Gasteiger partial charge in [-0.05, 0) is 43.7 Å². The maximum absolute atomic E-state index is 6.56. The maximum atomic E-state index is 6.56. The van der Waals surface area contributed by atoms with Crippen LogP contribution in [0.15, 0.2) is 48.8 Å². The summed E-state index contributed by atoms with van der Waals surface area (Å²) in [6.07, 6.45) is 1.51. The van der Waals surface area contributed by atoms with Gasteiger partial charge in [-0.25, -0.2) is 15.0 Å². The predicted molar refractivity (Wildman–Crippen MR) is 154 cm³/mol.